The van der Waals surface area contributed by atoms with E-state index in [9.17, 15) is 9.59 Å². The molecule has 0 aromatic heterocycles. The molecule has 1 aromatic rings. The zero-order valence-electron chi connectivity index (χ0n) is 13.3. The molecule has 0 radical (unpaired) electrons. The maximum atomic E-state index is 11.9. The first-order valence-electron chi connectivity index (χ1n) is 8.12. The molecule has 1 heterocycles. The average Bonchev–Trinajstić information content (AvgIpc) is 2.77. The van der Waals surface area contributed by atoms with E-state index in [0.717, 1.165) is 37.1 Å². The molecule has 1 fully saturated rings. The van der Waals surface area contributed by atoms with Gasteiger partial charge in [0.2, 0.25) is 0 Å². The molecular formula is C17H21N3O3. The number of likely N-dealkylation sites (N-methyl/N-ethyl adjacent to an activating group) is 1. The Kier molecular flexibility index (Phi) is 4.60. The molecular weight excluding hydrogens is 294 g/mol. The molecule has 1 N–H and O–H groups in total. The van der Waals surface area contributed by atoms with Gasteiger partial charge in [-0.05, 0) is 38.3 Å². The van der Waals surface area contributed by atoms with Crippen LogP contribution in [0, 0.1) is 0 Å². The summed E-state index contributed by atoms with van der Waals surface area (Å²) in [7, 11) is 0. The summed E-state index contributed by atoms with van der Waals surface area (Å²) in [6, 6.07) is 5.50. The molecule has 0 atom stereocenters. The zero-order chi connectivity index (χ0) is 16.2. The third-order valence-electron chi connectivity index (χ3n) is 4.18. The Morgan fingerprint density at radius 3 is 2.87 bits per heavy atom. The fourth-order valence-corrected chi connectivity index (χ4v) is 2.91. The van der Waals surface area contributed by atoms with Crippen LogP contribution in [0.25, 0.3) is 0 Å². The largest absolute Gasteiger partial charge is 0.481 e. The lowest BCUT2D eigenvalue weighted by Gasteiger charge is -2.28. The minimum absolute atomic E-state index is 0.0370. The molecule has 1 aliphatic carbocycles. The fourth-order valence-electron chi connectivity index (χ4n) is 2.91. The highest BCUT2D eigenvalue weighted by atomic mass is 16.5. The van der Waals surface area contributed by atoms with Crippen molar-refractivity contribution < 1.29 is 14.3 Å². The van der Waals surface area contributed by atoms with Crippen LogP contribution >= 0.6 is 0 Å². The minimum Gasteiger partial charge on any atom is -0.481 e. The van der Waals surface area contributed by atoms with E-state index in [1.54, 1.807) is 4.90 Å². The lowest BCUT2D eigenvalue weighted by Crippen LogP contribution is -2.38. The van der Waals surface area contributed by atoms with Gasteiger partial charge in [-0.1, -0.05) is 6.42 Å². The Labute approximate surface area is 135 Å². The maximum absolute atomic E-state index is 11.9. The Bertz CT molecular complexity index is 654. The van der Waals surface area contributed by atoms with Crippen LogP contribution < -0.4 is 15.1 Å². The molecule has 1 aliphatic heterocycles. The van der Waals surface area contributed by atoms with Crippen LogP contribution in [0.15, 0.2) is 23.3 Å². The number of hydrogen-bond donors (Lipinski definition) is 1. The van der Waals surface area contributed by atoms with Gasteiger partial charge in [-0.3, -0.25) is 15.0 Å². The van der Waals surface area contributed by atoms with Gasteiger partial charge in [-0.25, -0.2) is 0 Å². The molecule has 1 saturated carbocycles. The van der Waals surface area contributed by atoms with E-state index in [2.05, 4.69) is 10.5 Å². The molecule has 0 spiro atoms. The van der Waals surface area contributed by atoms with Crippen LogP contribution in [0.1, 0.15) is 39.0 Å². The molecule has 1 aromatic carbocycles. The summed E-state index contributed by atoms with van der Waals surface area (Å²) >= 11 is 0. The monoisotopic (exact) mass is 315 g/mol. The van der Waals surface area contributed by atoms with Gasteiger partial charge in [0.1, 0.15) is 11.5 Å². The Balaban J connectivity index is 1.77. The number of fused-ring (bicyclic) bond motifs is 1. The number of hydrazone groups is 1. The highest BCUT2D eigenvalue weighted by Gasteiger charge is 2.24. The van der Waals surface area contributed by atoms with E-state index in [1.165, 1.54) is 0 Å². The molecule has 2 aliphatic rings. The molecule has 6 heteroatoms. The molecule has 0 bridgehead atoms. The van der Waals surface area contributed by atoms with Crippen LogP contribution in [-0.2, 0) is 9.59 Å². The summed E-state index contributed by atoms with van der Waals surface area (Å²) in [4.78, 5) is 25.4. The molecule has 23 heavy (non-hydrogen) atoms. The van der Waals surface area contributed by atoms with Crippen molar-refractivity contribution in [3.63, 3.8) is 0 Å². The second-order valence-electron chi connectivity index (χ2n) is 5.76. The number of Topliss-reactive ketones (excluding diaryl/α,β-unsaturated/α-hetero) is 1. The summed E-state index contributed by atoms with van der Waals surface area (Å²) in [6.45, 7) is 2.60. The average molecular weight is 315 g/mol. The first-order valence-corrected chi connectivity index (χ1v) is 8.12. The van der Waals surface area contributed by atoms with Crippen molar-refractivity contribution in [1.29, 1.82) is 0 Å². The number of rotatable bonds is 3. The van der Waals surface area contributed by atoms with Gasteiger partial charge in [-0.15, -0.1) is 0 Å². The van der Waals surface area contributed by atoms with Gasteiger partial charge < -0.3 is 9.64 Å². The molecule has 3 rings (SSSR count). The van der Waals surface area contributed by atoms with Gasteiger partial charge in [0.15, 0.2) is 12.4 Å². The second-order valence-corrected chi connectivity index (χ2v) is 5.76. The van der Waals surface area contributed by atoms with E-state index in [4.69, 9.17) is 4.74 Å². The fraction of sp³-hybridized carbons (Fsp3) is 0.471. The van der Waals surface area contributed by atoms with Crippen molar-refractivity contribution in [2.45, 2.75) is 39.0 Å². The van der Waals surface area contributed by atoms with Gasteiger partial charge in [-0.2, -0.15) is 5.10 Å². The standard InChI is InChI=1S/C17H21N3O3/c1-2-20-14-9-8-12(10-16(14)23-11-17(20)22)18-19-13-6-4-3-5-7-15(13)21/h8-10,18H,2-7,11H2,1H3/b19-13-. The van der Waals surface area contributed by atoms with E-state index >= 15 is 0 Å². The molecule has 122 valence electrons. The normalized spacial score (nSPS) is 20.0. The van der Waals surface area contributed by atoms with Crippen molar-refractivity contribution in [2.75, 3.05) is 23.5 Å². The van der Waals surface area contributed by atoms with Crippen molar-refractivity contribution in [1.82, 2.24) is 0 Å². The number of nitrogens with one attached hydrogen (secondary N) is 1. The molecule has 1 amide bonds. The smallest absolute Gasteiger partial charge is 0.265 e. The first-order chi connectivity index (χ1) is 11.2. The van der Waals surface area contributed by atoms with Crippen LogP contribution in [0.4, 0.5) is 11.4 Å². The summed E-state index contributed by atoms with van der Waals surface area (Å²) in [6.07, 6.45) is 4.35. The zero-order valence-corrected chi connectivity index (χ0v) is 13.3. The number of nitrogens with zero attached hydrogens (tertiary/aromatic N) is 2. The highest BCUT2D eigenvalue weighted by molar-refractivity contribution is 6.40. The second kappa shape index (κ2) is 6.81. The van der Waals surface area contributed by atoms with E-state index in [0.29, 0.717) is 24.4 Å². The number of carbonyl (C=O) groups is 2. The SMILES string of the molecule is CCN1C(=O)COc2cc(N/N=C3/CCCCCC3=O)ccc21. The number of carbonyl (C=O) groups excluding carboxylic acids is 2. The van der Waals surface area contributed by atoms with Crippen molar-refractivity contribution >= 4 is 28.8 Å². The number of anilines is 2. The van der Waals surface area contributed by atoms with Crippen LogP contribution in [0.5, 0.6) is 5.75 Å². The van der Waals surface area contributed by atoms with Gasteiger partial charge in [0, 0.05) is 19.0 Å². The molecule has 6 nitrogen and oxygen atoms in total. The van der Waals surface area contributed by atoms with E-state index in [-0.39, 0.29) is 18.3 Å². The number of benzene rings is 1. The Morgan fingerprint density at radius 1 is 1.22 bits per heavy atom. The highest BCUT2D eigenvalue weighted by Crippen LogP contribution is 2.34. The van der Waals surface area contributed by atoms with E-state index < -0.39 is 0 Å². The lowest BCUT2D eigenvalue weighted by atomic mass is 10.1. The van der Waals surface area contributed by atoms with Crippen LogP contribution in [0.2, 0.25) is 0 Å². The predicted octanol–water partition coefficient (Wildman–Crippen LogP) is 2.73. The minimum atomic E-state index is -0.0370. The lowest BCUT2D eigenvalue weighted by molar-refractivity contribution is -0.121. The van der Waals surface area contributed by atoms with Gasteiger partial charge in [0.05, 0.1) is 11.4 Å². The Morgan fingerprint density at radius 2 is 2.04 bits per heavy atom. The van der Waals surface area contributed by atoms with Crippen molar-refractivity contribution in [2.24, 2.45) is 5.10 Å². The predicted molar refractivity (Wildman–Crippen MR) is 89.1 cm³/mol. The van der Waals surface area contributed by atoms with Gasteiger partial charge >= 0.3 is 0 Å². The van der Waals surface area contributed by atoms with Crippen LogP contribution in [0.3, 0.4) is 0 Å². The van der Waals surface area contributed by atoms with Crippen LogP contribution in [-0.4, -0.2) is 30.6 Å². The molecule has 0 unspecified atom stereocenters. The third kappa shape index (κ3) is 3.36. The number of hydrogen-bond acceptors (Lipinski definition) is 5. The maximum Gasteiger partial charge on any atom is 0.265 e. The number of ether oxygens (including phenoxy) is 1. The summed E-state index contributed by atoms with van der Waals surface area (Å²) < 4.78 is 5.49. The first kappa shape index (κ1) is 15.5. The van der Waals surface area contributed by atoms with Crippen molar-refractivity contribution in [3.8, 4) is 5.75 Å². The number of ketones is 1. The summed E-state index contributed by atoms with van der Waals surface area (Å²) in [5.74, 6) is 0.751. The van der Waals surface area contributed by atoms with E-state index in [1.807, 2.05) is 25.1 Å². The summed E-state index contributed by atoms with van der Waals surface area (Å²) in [5.41, 5.74) is 5.09. The molecule has 0 saturated heterocycles. The van der Waals surface area contributed by atoms with Gasteiger partial charge in [0.25, 0.3) is 5.91 Å². The number of amides is 1. The Hall–Kier alpha value is -2.37. The summed E-state index contributed by atoms with van der Waals surface area (Å²) in [5, 5.41) is 4.28. The third-order valence-corrected chi connectivity index (χ3v) is 4.18. The topological polar surface area (TPSA) is 71.0 Å². The van der Waals surface area contributed by atoms with Crippen molar-refractivity contribution in [3.05, 3.63) is 18.2 Å². The quantitative estimate of drug-likeness (QED) is 0.688.